The first-order valence-corrected chi connectivity index (χ1v) is 5.54. The highest BCUT2D eigenvalue weighted by atomic mass is 14.2. The standard InChI is InChI=1S/C11H18.C2H6/c1-4-11(2,3)10-8-6-5-7-9-10;1-2/h6,8-9H,4-5,7H2,1-3H3;1-2H3. The minimum atomic E-state index is 0.386. The molecule has 0 atom stereocenters. The van der Waals surface area contributed by atoms with Crippen molar-refractivity contribution >= 4 is 0 Å². The van der Waals surface area contributed by atoms with Crippen LogP contribution < -0.4 is 0 Å². The second-order valence-electron chi connectivity index (χ2n) is 3.88. The van der Waals surface area contributed by atoms with Gasteiger partial charge in [-0.25, -0.2) is 0 Å². The van der Waals surface area contributed by atoms with Crippen molar-refractivity contribution in [3.8, 4) is 0 Å². The molecule has 0 N–H and O–H groups in total. The fourth-order valence-corrected chi connectivity index (χ4v) is 1.32. The Hall–Kier alpha value is -0.520. The lowest BCUT2D eigenvalue weighted by molar-refractivity contribution is 0.436. The fraction of sp³-hybridized carbons (Fsp3) is 0.692. The normalized spacial score (nSPS) is 15.9. The summed E-state index contributed by atoms with van der Waals surface area (Å²) in [6.07, 6.45) is 10.6. The summed E-state index contributed by atoms with van der Waals surface area (Å²) < 4.78 is 0. The molecule has 0 saturated heterocycles. The van der Waals surface area contributed by atoms with Crippen LogP contribution in [-0.2, 0) is 0 Å². The lowest BCUT2D eigenvalue weighted by Crippen LogP contribution is -2.12. The average molecular weight is 180 g/mol. The molecule has 76 valence electrons. The van der Waals surface area contributed by atoms with Gasteiger partial charge >= 0.3 is 0 Å². The predicted octanol–water partition coefficient (Wildman–Crippen LogP) is 4.73. The maximum atomic E-state index is 2.38. The Morgan fingerprint density at radius 2 is 1.85 bits per heavy atom. The minimum Gasteiger partial charge on any atom is -0.0839 e. The Balaban J connectivity index is 0.000000671. The van der Waals surface area contributed by atoms with Crippen molar-refractivity contribution in [1.29, 1.82) is 0 Å². The monoisotopic (exact) mass is 180 g/mol. The van der Waals surface area contributed by atoms with Crippen LogP contribution in [0.1, 0.15) is 53.9 Å². The second-order valence-corrected chi connectivity index (χ2v) is 3.88. The van der Waals surface area contributed by atoms with E-state index in [9.17, 15) is 0 Å². The van der Waals surface area contributed by atoms with E-state index in [4.69, 9.17) is 0 Å². The molecule has 1 rings (SSSR count). The van der Waals surface area contributed by atoms with Crippen molar-refractivity contribution in [2.24, 2.45) is 5.41 Å². The van der Waals surface area contributed by atoms with Gasteiger partial charge in [0.25, 0.3) is 0 Å². The van der Waals surface area contributed by atoms with E-state index in [1.807, 2.05) is 13.8 Å². The maximum absolute atomic E-state index is 2.38. The molecule has 0 aromatic heterocycles. The van der Waals surface area contributed by atoms with Crippen molar-refractivity contribution < 1.29 is 0 Å². The summed E-state index contributed by atoms with van der Waals surface area (Å²) in [6, 6.07) is 0. The van der Waals surface area contributed by atoms with Crippen LogP contribution in [0.4, 0.5) is 0 Å². The molecule has 0 heterocycles. The van der Waals surface area contributed by atoms with Crippen molar-refractivity contribution in [3.05, 3.63) is 23.8 Å². The molecule has 1 aliphatic carbocycles. The third kappa shape index (κ3) is 3.80. The van der Waals surface area contributed by atoms with Crippen LogP contribution in [0.25, 0.3) is 0 Å². The van der Waals surface area contributed by atoms with Crippen LogP contribution >= 0.6 is 0 Å². The van der Waals surface area contributed by atoms with Gasteiger partial charge in [-0.05, 0) is 30.3 Å². The van der Waals surface area contributed by atoms with Gasteiger partial charge in [0.15, 0.2) is 0 Å². The zero-order valence-electron chi connectivity index (χ0n) is 9.85. The van der Waals surface area contributed by atoms with Gasteiger partial charge in [-0.15, -0.1) is 0 Å². The van der Waals surface area contributed by atoms with Gasteiger partial charge < -0.3 is 0 Å². The first-order valence-electron chi connectivity index (χ1n) is 5.54. The molecule has 0 aliphatic heterocycles. The van der Waals surface area contributed by atoms with Gasteiger partial charge in [0, 0.05) is 0 Å². The molecule has 0 aromatic rings. The highest BCUT2D eigenvalue weighted by Gasteiger charge is 2.19. The third-order valence-corrected chi connectivity index (χ3v) is 2.66. The second kappa shape index (κ2) is 6.01. The third-order valence-electron chi connectivity index (χ3n) is 2.66. The highest BCUT2D eigenvalue weighted by molar-refractivity contribution is 5.27. The molecular formula is C13H24. The van der Waals surface area contributed by atoms with Crippen LogP contribution in [0, 0.1) is 5.41 Å². The first-order chi connectivity index (χ1) is 6.17. The topological polar surface area (TPSA) is 0 Å². The Kier molecular flexibility index (Phi) is 5.77. The van der Waals surface area contributed by atoms with Crippen LogP contribution in [0.5, 0.6) is 0 Å². The zero-order valence-corrected chi connectivity index (χ0v) is 9.85. The fourth-order valence-electron chi connectivity index (χ4n) is 1.32. The first kappa shape index (κ1) is 12.5. The van der Waals surface area contributed by atoms with E-state index < -0.39 is 0 Å². The van der Waals surface area contributed by atoms with E-state index in [2.05, 4.69) is 39.0 Å². The molecular weight excluding hydrogens is 156 g/mol. The molecule has 0 aromatic carbocycles. The van der Waals surface area contributed by atoms with Gasteiger partial charge in [0.05, 0.1) is 0 Å². The van der Waals surface area contributed by atoms with Crippen molar-refractivity contribution in [3.63, 3.8) is 0 Å². The molecule has 0 saturated carbocycles. The van der Waals surface area contributed by atoms with E-state index in [1.54, 1.807) is 0 Å². The van der Waals surface area contributed by atoms with E-state index in [1.165, 1.54) is 24.8 Å². The maximum Gasteiger partial charge on any atom is -0.0109 e. The smallest absolute Gasteiger partial charge is 0.0109 e. The summed E-state index contributed by atoms with van der Waals surface area (Å²) in [5.74, 6) is 0. The molecule has 0 fully saturated rings. The van der Waals surface area contributed by atoms with Crippen LogP contribution in [0.15, 0.2) is 23.8 Å². The van der Waals surface area contributed by atoms with E-state index >= 15 is 0 Å². The molecule has 0 spiro atoms. The van der Waals surface area contributed by atoms with Gasteiger partial charge in [0.2, 0.25) is 0 Å². The van der Waals surface area contributed by atoms with Gasteiger partial charge in [-0.3, -0.25) is 0 Å². The van der Waals surface area contributed by atoms with Crippen molar-refractivity contribution in [1.82, 2.24) is 0 Å². The summed E-state index contributed by atoms with van der Waals surface area (Å²) in [7, 11) is 0. The van der Waals surface area contributed by atoms with Gasteiger partial charge in [-0.2, -0.15) is 0 Å². The van der Waals surface area contributed by atoms with E-state index in [0.717, 1.165) is 0 Å². The number of allylic oxidation sites excluding steroid dienone is 4. The summed E-state index contributed by atoms with van der Waals surface area (Å²) in [5, 5.41) is 0. The van der Waals surface area contributed by atoms with Crippen molar-refractivity contribution in [2.45, 2.75) is 53.9 Å². The van der Waals surface area contributed by atoms with Crippen LogP contribution in [-0.4, -0.2) is 0 Å². The molecule has 0 radical (unpaired) electrons. The summed E-state index contributed by atoms with van der Waals surface area (Å²) in [6.45, 7) is 10.9. The Morgan fingerprint density at radius 3 is 2.23 bits per heavy atom. The summed E-state index contributed by atoms with van der Waals surface area (Å²) >= 11 is 0. The van der Waals surface area contributed by atoms with Crippen molar-refractivity contribution in [2.75, 3.05) is 0 Å². The quantitative estimate of drug-likeness (QED) is 0.576. The Morgan fingerprint density at radius 1 is 1.23 bits per heavy atom. The largest absolute Gasteiger partial charge is 0.0839 e. The molecule has 1 aliphatic rings. The molecule has 0 nitrogen and oxygen atoms in total. The number of hydrogen-bond acceptors (Lipinski definition) is 0. The number of hydrogen-bond donors (Lipinski definition) is 0. The lowest BCUT2D eigenvalue weighted by atomic mass is 9.79. The molecule has 0 bridgehead atoms. The van der Waals surface area contributed by atoms with E-state index in [-0.39, 0.29) is 0 Å². The summed E-state index contributed by atoms with van der Waals surface area (Å²) in [5.41, 5.74) is 1.91. The zero-order chi connectivity index (χ0) is 10.3. The molecule has 0 amide bonds. The Bertz CT molecular complexity index is 182. The molecule has 0 heteroatoms. The average Bonchev–Trinajstić information content (AvgIpc) is 2.22. The highest BCUT2D eigenvalue weighted by Crippen LogP contribution is 2.32. The number of rotatable bonds is 2. The lowest BCUT2D eigenvalue weighted by Gasteiger charge is -2.26. The van der Waals surface area contributed by atoms with Crippen LogP contribution in [0.2, 0.25) is 0 Å². The molecule has 0 unspecified atom stereocenters. The Labute approximate surface area is 83.7 Å². The minimum absolute atomic E-state index is 0.386. The SMILES string of the molecule is CC.CCC(C)(C)C1=CCCC=C1. The van der Waals surface area contributed by atoms with Gasteiger partial charge in [-0.1, -0.05) is 52.8 Å². The molecule has 13 heavy (non-hydrogen) atoms. The van der Waals surface area contributed by atoms with Crippen LogP contribution in [0.3, 0.4) is 0 Å². The van der Waals surface area contributed by atoms with Gasteiger partial charge in [0.1, 0.15) is 0 Å². The van der Waals surface area contributed by atoms with E-state index in [0.29, 0.717) is 5.41 Å². The summed E-state index contributed by atoms with van der Waals surface area (Å²) in [4.78, 5) is 0. The predicted molar refractivity (Wildman–Crippen MR) is 61.9 cm³/mol.